The highest BCUT2D eigenvalue weighted by Crippen LogP contribution is 2.08. The predicted octanol–water partition coefficient (Wildman–Crippen LogP) is 1.46. The van der Waals surface area contributed by atoms with Crippen LogP contribution in [0.15, 0.2) is 24.3 Å². The van der Waals surface area contributed by atoms with Gasteiger partial charge in [-0.15, -0.1) is 0 Å². The third kappa shape index (κ3) is 3.32. The van der Waals surface area contributed by atoms with Crippen LogP contribution in [0.3, 0.4) is 0 Å². The zero-order chi connectivity index (χ0) is 12.1. The number of benzene rings is 1. The van der Waals surface area contributed by atoms with Gasteiger partial charge in [0.25, 0.3) is 0 Å². The second-order valence-corrected chi connectivity index (χ2v) is 3.62. The summed E-state index contributed by atoms with van der Waals surface area (Å²) in [7, 11) is 0. The van der Waals surface area contributed by atoms with Crippen molar-refractivity contribution in [2.24, 2.45) is 5.73 Å². The van der Waals surface area contributed by atoms with E-state index in [9.17, 15) is 9.59 Å². The highest BCUT2D eigenvalue weighted by molar-refractivity contribution is 6.13. The van der Waals surface area contributed by atoms with Gasteiger partial charge < -0.3 is 10.0 Å². The Morgan fingerprint density at radius 3 is 2.75 bits per heavy atom. The van der Waals surface area contributed by atoms with Crippen LogP contribution < -0.4 is 5.73 Å². The normalized spacial score (nSPS) is 11.9. The number of rotatable bonds is 4. The molecule has 0 aliphatic carbocycles. The number of nitrogens with two attached hydrogens (primary N) is 1. The van der Waals surface area contributed by atoms with E-state index in [1.165, 1.54) is 6.92 Å². The molecule has 16 heavy (non-hydrogen) atoms. The summed E-state index contributed by atoms with van der Waals surface area (Å²) < 4.78 is 4.00. The Balaban J connectivity index is 2.78. The maximum absolute atomic E-state index is 11.1. The van der Waals surface area contributed by atoms with Crippen LogP contribution in [-0.2, 0) is 15.5 Å². The Hall–Kier alpha value is -1.39. The van der Waals surface area contributed by atoms with Crippen LogP contribution in [0.4, 0.5) is 0 Å². The molecule has 0 bridgehead atoms. The van der Waals surface area contributed by atoms with Crippen LogP contribution >= 0.6 is 11.9 Å². The van der Waals surface area contributed by atoms with E-state index < -0.39 is 12.0 Å². The number of carbonyl (C=O) groups is 2. The Kier molecular flexibility index (Phi) is 4.46. The van der Waals surface area contributed by atoms with Crippen molar-refractivity contribution in [2.75, 3.05) is 0 Å². The van der Waals surface area contributed by atoms with E-state index in [0.717, 1.165) is 5.56 Å². The van der Waals surface area contributed by atoms with E-state index in [-0.39, 0.29) is 12.2 Å². The molecular weight excluding hydrogens is 230 g/mol. The molecule has 0 saturated heterocycles. The highest BCUT2D eigenvalue weighted by Gasteiger charge is 2.15. The minimum Gasteiger partial charge on any atom is -0.346 e. The second kappa shape index (κ2) is 5.63. The monoisotopic (exact) mass is 241 g/mol. The molecule has 4 nitrogen and oxygen atoms in total. The molecule has 1 rings (SSSR count). The molecule has 5 heteroatoms. The summed E-state index contributed by atoms with van der Waals surface area (Å²) in [6.45, 7) is 1.48. The lowest BCUT2D eigenvalue weighted by Crippen LogP contribution is -2.32. The van der Waals surface area contributed by atoms with Gasteiger partial charge in [-0.3, -0.25) is 4.79 Å². The van der Waals surface area contributed by atoms with E-state index in [1.807, 2.05) is 0 Å². The highest BCUT2D eigenvalue weighted by atomic mass is 35.5. The molecular formula is C11H12ClNO3. The molecule has 86 valence electrons. The molecule has 1 unspecified atom stereocenters. The Labute approximate surface area is 98.5 Å². The molecule has 1 atom stereocenters. The van der Waals surface area contributed by atoms with Gasteiger partial charge in [0.05, 0.1) is 0 Å². The van der Waals surface area contributed by atoms with Gasteiger partial charge in [0, 0.05) is 5.56 Å². The van der Waals surface area contributed by atoms with Crippen molar-refractivity contribution in [1.29, 1.82) is 0 Å². The number of carbonyl (C=O) groups excluding carboxylic acids is 2. The molecule has 2 N–H and O–H groups in total. The van der Waals surface area contributed by atoms with Crippen LogP contribution in [0.5, 0.6) is 0 Å². The van der Waals surface area contributed by atoms with Gasteiger partial charge in [0.2, 0.25) is 0 Å². The lowest BCUT2D eigenvalue weighted by Gasteiger charge is -2.08. The number of hydrogen-bond acceptors (Lipinski definition) is 4. The van der Waals surface area contributed by atoms with Gasteiger partial charge in [-0.25, -0.2) is 4.79 Å². The van der Waals surface area contributed by atoms with Gasteiger partial charge in [-0.05, 0) is 25.0 Å². The van der Waals surface area contributed by atoms with Gasteiger partial charge >= 0.3 is 5.97 Å². The molecule has 0 heterocycles. The van der Waals surface area contributed by atoms with E-state index in [4.69, 9.17) is 17.6 Å². The van der Waals surface area contributed by atoms with Crippen molar-refractivity contribution in [3.05, 3.63) is 35.4 Å². The van der Waals surface area contributed by atoms with E-state index in [0.29, 0.717) is 5.56 Å². The summed E-state index contributed by atoms with van der Waals surface area (Å²) in [6.07, 6.45) is 0.284. The van der Waals surface area contributed by atoms with Crippen LogP contribution in [0, 0.1) is 0 Å². The fraction of sp³-hybridized carbons (Fsp3) is 0.273. The average Bonchev–Trinajstić information content (AvgIpc) is 2.28. The maximum Gasteiger partial charge on any atom is 0.341 e. The lowest BCUT2D eigenvalue weighted by molar-refractivity contribution is -0.135. The Morgan fingerprint density at radius 2 is 2.19 bits per heavy atom. The first-order valence-electron chi connectivity index (χ1n) is 4.72. The number of hydrogen-bond donors (Lipinski definition) is 1. The molecule has 0 saturated carbocycles. The van der Waals surface area contributed by atoms with Crippen LogP contribution in [0.1, 0.15) is 22.8 Å². The zero-order valence-electron chi connectivity index (χ0n) is 8.77. The van der Waals surface area contributed by atoms with Crippen molar-refractivity contribution in [3.63, 3.8) is 0 Å². The minimum atomic E-state index is -0.820. The van der Waals surface area contributed by atoms with E-state index >= 15 is 0 Å². The predicted molar refractivity (Wildman–Crippen MR) is 60.1 cm³/mol. The second-order valence-electron chi connectivity index (χ2n) is 3.46. The summed E-state index contributed by atoms with van der Waals surface area (Å²) >= 11 is 4.91. The summed E-state index contributed by atoms with van der Waals surface area (Å²) in [5, 5.41) is 0. The van der Waals surface area contributed by atoms with Crippen molar-refractivity contribution in [1.82, 2.24) is 0 Å². The molecule has 1 aromatic rings. The van der Waals surface area contributed by atoms with E-state index in [2.05, 4.69) is 4.29 Å². The zero-order valence-corrected chi connectivity index (χ0v) is 9.53. The number of Topliss-reactive ketones (excluding diaryl/α,β-unsaturated/α-hetero) is 1. The number of ketones is 1. The lowest BCUT2D eigenvalue weighted by atomic mass is 10.0. The van der Waals surface area contributed by atoms with Gasteiger partial charge in [0.1, 0.15) is 17.9 Å². The molecule has 0 radical (unpaired) electrons. The maximum atomic E-state index is 11.1. The number of halogens is 1. The van der Waals surface area contributed by atoms with Gasteiger partial charge in [0.15, 0.2) is 5.78 Å². The van der Waals surface area contributed by atoms with E-state index in [1.54, 1.807) is 24.3 Å². The summed E-state index contributed by atoms with van der Waals surface area (Å²) in [5.41, 5.74) is 6.92. The Morgan fingerprint density at radius 1 is 1.50 bits per heavy atom. The molecule has 0 aliphatic rings. The average molecular weight is 242 g/mol. The molecule has 0 fully saturated rings. The third-order valence-electron chi connectivity index (χ3n) is 2.17. The van der Waals surface area contributed by atoms with Crippen LogP contribution in [0.2, 0.25) is 0 Å². The first-order valence-corrected chi connectivity index (χ1v) is 5.03. The Bertz CT molecular complexity index is 406. The summed E-state index contributed by atoms with van der Waals surface area (Å²) in [6, 6.07) is 6.11. The molecule has 0 aliphatic heterocycles. The van der Waals surface area contributed by atoms with Crippen molar-refractivity contribution in [2.45, 2.75) is 19.4 Å². The fourth-order valence-corrected chi connectivity index (χ4v) is 1.43. The first kappa shape index (κ1) is 12.7. The van der Waals surface area contributed by atoms with Crippen LogP contribution in [-0.4, -0.2) is 17.8 Å². The topological polar surface area (TPSA) is 69.4 Å². The minimum absolute atomic E-state index is 0.0321. The summed E-state index contributed by atoms with van der Waals surface area (Å²) in [4.78, 5) is 22.1. The van der Waals surface area contributed by atoms with Crippen molar-refractivity contribution in [3.8, 4) is 0 Å². The fourth-order valence-electron chi connectivity index (χ4n) is 1.31. The van der Waals surface area contributed by atoms with Crippen LogP contribution in [0.25, 0.3) is 0 Å². The standard InChI is InChI=1S/C11H12ClNO3/c1-7(14)9-4-2-3-8(5-9)6-10(13)11(15)16-12/h2-5,10H,6,13H2,1H3. The van der Waals surface area contributed by atoms with Gasteiger partial charge in [-0.2, -0.15) is 0 Å². The molecule has 1 aromatic carbocycles. The first-order chi connectivity index (χ1) is 7.54. The molecule has 0 amide bonds. The smallest absolute Gasteiger partial charge is 0.341 e. The molecule has 0 spiro atoms. The van der Waals surface area contributed by atoms with Crippen molar-refractivity contribution < 1.29 is 13.9 Å². The van der Waals surface area contributed by atoms with Crippen molar-refractivity contribution >= 4 is 23.6 Å². The molecule has 0 aromatic heterocycles. The quantitative estimate of drug-likeness (QED) is 0.811. The SMILES string of the molecule is CC(=O)c1cccc(CC(N)C(=O)OCl)c1. The largest absolute Gasteiger partial charge is 0.346 e. The van der Waals surface area contributed by atoms with Gasteiger partial charge in [-0.1, -0.05) is 18.2 Å². The third-order valence-corrected chi connectivity index (χ3v) is 2.32. The summed E-state index contributed by atoms with van der Waals surface area (Å²) in [5.74, 6) is -0.717.